The van der Waals surface area contributed by atoms with Crippen molar-refractivity contribution < 1.29 is 17.6 Å². The predicted molar refractivity (Wildman–Crippen MR) is 88.5 cm³/mol. The van der Waals surface area contributed by atoms with Crippen LogP contribution in [0.2, 0.25) is 0 Å². The van der Waals surface area contributed by atoms with Crippen LogP contribution in [0.4, 0.5) is 5.69 Å². The van der Waals surface area contributed by atoms with Gasteiger partial charge in [-0.15, -0.1) is 0 Å². The minimum Gasteiger partial charge on any atom is -0.467 e. The number of nitrogens with one attached hydrogen (secondary N) is 1. The zero-order valence-corrected chi connectivity index (χ0v) is 13.9. The molecule has 0 saturated carbocycles. The molecule has 0 aliphatic rings. The summed E-state index contributed by atoms with van der Waals surface area (Å²) in [6, 6.07) is 11.6. The Labute approximate surface area is 140 Å². The lowest BCUT2D eigenvalue weighted by molar-refractivity contribution is -0.121. The molecule has 0 fully saturated rings. The van der Waals surface area contributed by atoms with Crippen LogP contribution < -0.4 is 9.62 Å². The molecule has 0 unspecified atom stereocenters. The van der Waals surface area contributed by atoms with Gasteiger partial charge in [0.1, 0.15) is 5.76 Å². The molecule has 1 aromatic carbocycles. The van der Waals surface area contributed by atoms with E-state index in [9.17, 15) is 13.2 Å². The van der Waals surface area contributed by atoms with E-state index in [1.165, 1.54) is 18.4 Å². The summed E-state index contributed by atoms with van der Waals surface area (Å²) in [7, 11) is -3.54. The molecule has 0 atom stereocenters. The SMILES string of the molecule is CS(=O)(=O)N(CCC(=O)NCc1ccco1)c1ccc(C#N)cc1. The number of furan rings is 1. The van der Waals surface area contributed by atoms with Gasteiger partial charge in [-0.05, 0) is 36.4 Å². The predicted octanol–water partition coefficient (Wildman–Crippen LogP) is 1.62. The Balaban J connectivity index is 1.98. The van der Waals surface area contributed by atoms with Gasteiger partial charge in [-0.1, -0.05) is 0 Å². The molecule has 1 amide bonds. The first-order chi connectivity index (χ1) is 11.4. The molecule has 24 heavy (non-hydrogen) atoms. The number of anilines is 1. The highest BCUT2D eigenvalue weighted by Gasteiger charge is 2.18. The first-order valence-electron chi connectivity index (χ1n) is 7.17. The third-order valence-corrected chi connectivity index (χ3v) is 4.46. The van der Waals surface area contributed by atoms with Crippen LogP contribution in [0.15, 0.2) is 47.1 Å². The van der Waals surface area contributed by atoms with Crippen molar-refractivity contribution in [1.82, 2.24) is 5.32 Å². The molecule has 0 saturated heterocycles. The average Bonchev–Trinajstić information content (AvgIpc) is 3.06. The van der Waals surface area contributed by atoms with Gasteiger partial charge in [0, 0.05) is 13.0 Å². The first-order valence-corrected chi connectivity index (χ1v) is 9.02. The third-order valence-electron chi connectivity index (χ3n) is 3.27. The molecule has 0 aliphatic carbocycles. The van der Waals surface area contributed by atoms with E-state index in [2.05, 4.69) is 5.32 Å². The highest BCUT2D eigenvalue weighted by atomic mass is 32.2. The van der Waals surface area contributed by atoms with Gasteiger partial charge in [-0.2, -0.15) is 5.26 Å². The summed E-state index contributed by atoms with van der Waals surface area (Å²) < 4.78 is 30.2. The number of amides is 1. The lowest BCUT2D eigenvalue weighted by atomic mass is 10.2. The monoisotopic (exact) mass is 347 g/mol. The lowest BCUT2D eigenvalue weighted by Gasteiger charge is -2.22. The summed E-state index contributed by atoms with van der Waals surface area (Å²) in [6.07, 6.45) is 2.59. The van der Waals surface area contributed by atoms with E-state index in [1.807, 2.05) is 6.07 Å². The number of benzene rings is 1. The van der Waals surface area contributed by atoms with Crippen molar-refractivity contribution in [2.45, 2.75) is 13.0 Å². The summed E-state index contributed by atoms with van der Waals surface area (Å²) in [5.74, 6) is 0.337. The third kappa shape index (κ3) is 4.86. The Morgan fingerprint density at radius 2 is 2.00 bits per heavy atom. The smallest absolute Gasteiger partial charge is 0.232 e. The molecule has 0 spiro atoms. The van der Waals surface area contributed by atoms with Crippen molar-refractivity contribution >= 4 is 21.6 Å². The van der Waals surface area contributed by atoms with E-state index >= 15 is 0 Å². The Kier molecular flexibility index (Phi) is 5.60. The summed E-state index contributed by atoms with van der Waals surface area (Å²) in [5.41, 5.74) is 0.846. The number of nitriles is 1. The van der Waals surface area contributed by atoms with Crippen LogP contribution in [0.5, 0.6) is 0 Å². The summed E-state index contributed by atoms with van der Waals surface area (Å²) >= 11 is 0. The molecule has 8 heteroatoms. The standard InChI is InChI=1S/C16H17N3O4S/c1-24(21,22)19(14-6-4-13(11-17)5-7-14)9-8-16(20)18-12-15-3-2-10-23-15/h2-7,10H,8-9,12H2,1H3,(H,18,20). The van der Waals surface area contributed by atoms with E-state index < -0.39 is 10.0 Å². The second-order valence-corrected chi connectivity index (χ2v) is 7.01. The Hall–Kier alpha value is -2.79. The molecule has 1 aromatic heterocycles. The number of carbonyl (C=O) groups excluding carboxylic acids is 1. The average molecular weight is 347 g/mol. The van der Waals surface area contributed by atoms with E-state index in [1.54, 1.807) is 24.3 Å². The Morgan fingerprint density at radius 3 is 2.54 bits per heavy atom. The number of hydrogen-bond donors (Lipinski definition) is 1. The van der Waals surface area contributed by atoms with Gasteiger partial charge in [0.2, 0.25) is 15.9 Å². The van der Waals surface area contributed by atoms with Crippen molar-refractivity contribution in [2.24, 2.45) is 0 Å². The second-order valence-electron chi connectivity index (χ2n) is 5.10. The van der Waals surface area contributed by atoms with Crippen LogP contribution in [-0.2, 0) is 21.4 Å². The van der Waals surface area contributed by atoms with Crippen LogP contribution in [0.3, 0.4) is 0 Å². The molecule has 2 aromatic rings. The van der Waals surface area contributed by atoms with Crippen molar-refractivity contribution in [3.05, 3.63) is 54.0 Å². The summed E-state index contributed by atoms with van der Waals surface area (Å²) in [5, 5.41) is 11.5. The number of hydrogen-bond acceptors (Lipinski definition) is 5. The number of carbonyl (C=O) groups is 1. The molecule has 126 valence electrons. The van der Waals surface area contributed by atoms with Crippen LogP contribution >= 0.6 is 0 Å². The number of nitrogens with zero attached hydrogens (tertiary/aromatic N) is 2. The molecule has 0 radical (unpaired) electrons. The molecule has 0 aliphatic heterocycles. The van der Waals surface area contributed by atoms with E-state index in [4.69, 9.17) is 9.68 Å². The normalized spacial score (nSPS) is 10.8. The molecule has 0 bridgehead atoms. The summed E-state index contributed by atoms with van der Waals surface area (Å²) in [6.45, 7) is 0.260. The Bertz CT molecular complexity index is 821. The number of rotatable bonds is 7. The zero-order chi connectivity index (χ0) is 17.6. The molecule has 7 nitrogen and oxygen atoms in total. The minimum absolute atomic E-state index is 0.00772. The quantitative estimate of drug-likeness (QED) is 0.820. The van der Waals surface area contributed by atoms with Crippen molar-refractivity contribution in [3.8, 4) is 6.07 Å². The van der Waals surface area contributed by atoms with Gasteiger partial charge in [-0.25, -0.2) is 8.42 Å². The van der Waals surface area contributed by atoms with Crippen LogP contribution in [0, 0.1) is 11.3 Å². The fourth-order valence-electron chi connectivity index (χ4n) is 2.08. The van der Waals surface area contributed by atoms with E-state index in [0.29, 0.717) is 17.0 Å². The van der Waals surface area contributed by atoms with E-state index in [0.717, 1.165) is 10.6 Å². The van der Waals surface area contributed by atoms with E-state index in [-0.39, 0.29) is 25.4 Å². The maximum atomic E-state index is 12.0. The molecular formula is C16H17N3O4S. The van der Waals surface area contributed by atoms with Gasteiger partial charge in [0.15, 0.2) is 0 Å². The molecule has 1 heterocycles. The van der Waals surface area contributed by atoms with Gasteiger partial charge in [0.25, 0.3) is 0 Å². The molecule has 1 N–H and O–H groups in total. The molecular weight excluding hydrogens is 330 g/mol. The topological polar surface area (TPSA) is 103 Å². The number of sulfonamides is 1. The maximum absolute atomic E-state index is 12.0. The molecule has 2 rings (SSSR count). The largest absolute Gasteiger partial charge is 0.467 e. The van der Waals surface area contributed by atoms with Gasteiger partial charge in [0.05, 0.1) is 36.4 Å². The summed E-state index contributed by atoms with van der Waals surface area (Å²) in [4.78, 5) is 11.9. The van der Waals surface area contributed by atoms with Crippen LogP contribution in [0.25, 0.3) is 0 Å². The van der Waals surface area contributed by atoms with Gasteiger partial charge in [-0.3, -0.25) is 9.10 Å². The highest BCUT2D eigenvalue weighted by molar-refractivity contribution is 7.92. The fourth-order valence-corrected chi connectivity index (χ4v) is 3.01. The van der Waals surface area contributed by atoms with Crippen molar-refractivity contribution in [2.75, 3.05) is 17.1 Å². The van der Waals surface area contributed by atoms with Crippen molar-refractivity contribution in [1.29, 1.82) is 5.26 Å². The fraction of sp³-hybridized carbons (Fsp3) is 0.250. The van der Waals surface area contributed by atoms with Crippen LogP contribution in [-0.4, -0.2) is 27.1 Å². The zero-order valence-electron chi connectivity index (χ0n) is 13.1. The van der Waals surface area contributed by atoms with Crippen LogP contribution in [0.1, 0.15) is 17.7 Å². The minimum atomic E-state index is -3.54. The first kappa shape index (κ1) is 17.6. The second kappa shape index (κ2) is 7.66. The Morgan fingerprint density at radius 1 is 1.29 bits per heavy atom. The maximum Gasteiger partial charge on any atom is 0.232 e. The lowest BCUT2D eigenvalue weighted by Crippen LogP contribution is -2.34. The van der Waals surface area contributed by atoms with Gasteiger partial charge < -0.3 is 9.73 Å². The van der Waals surface area contributed by atoms with Crippen molar-refractivity contribution in [3.63, 3.8) is 0 Å². The highest BCUT2D eigenvalue weighted by Crippen LogP contribution is 2.18. The van der Waals surface area contributed by atoms with Gasteiger partial charge >= 0.3 is 0 Å².